The van der Waals surface area contributed by atoms with Crippen molar-refractivity contribution in [1.82, 2.24) is 0 Å². The van der Waals surface area contributed by atoms with Crippen LogP contribution in [0.25, 0.3) is 0 Å². The zero-order valence-electron chi connectivity index (χ0n) is 11.3. The number of ether oxygens (including phenoxy) is 3. The first-order valence-electron chi connectivity index (χ1n) is 6.72. The highest BCUT2D eigenvalue weighted by molar-refractivity contribution is 5.86. The summed E-state index contributed by atoms with van der Waals surface area (Å²) in [6.07, 6.45) is 6.67. The van der Waals surface area contributed by atoms with Gasteiger partial charge in [0.1, 0.15) is 6.61 Å². The lowest BCUT2D eigenvalue weighted by Crippen LogP contribution is -2.20. The maximum atomic E-state index is 11.0. The van der Waals surface area contributed by atoms with Crippen molar-refractivity contribution in [3.63, 3.8) is 0 Å². The van der Waals surface area contributed by atoms with Gasteiger partial charge in [-0.2, -0.15) is 0 Å². The highest BCUT2D eigenvalue weighted by atomic mass is 16.6. The molecule has 1 rings (SSSR count). The van der Waals surface area contributed by atoms with Crippen molar-refractivity contribution in [3.05, 3.63) is 12.2 Å². The molecule has 0 bridgehead atoms. The summed E-state index contributed by atoms with van der Waals surface area (Å²) in [7, 11) is 0. The molecule has 0 saturated heterocycles. The number of carbonyl (C=O) groups is 1. The van der Waals surface area contributed by atoms with Crippen LogP contribution in [-0.2, 0) is 19.0 Å². The molecule has 0 radical (unpaired) electrons. The van der Waals surface area contributed by atoms with Crippen LogP contribution in [0.2, 0.25) is 0 Å². The first kappa shape index (κ1) is 15.2. The highest BCUT2D eigenvalue weighted by Gasteiger charge is 2.12. The largest absolute Gasteiger partial charge is 0.460 e. The van der Waals surface area contributed by atoms with E-state index in [0.717, 1.165) is 0 Å². The fraction of sp³-hybridized carbons (Fsp3) is 0.786. The average Bonchev–Trinajstić information content (AvgIpc) is 2.38. The van der Waals surface area contributed by atoms with E-state index in [0.29, 0.717) is 31.5 Å². The summed E-state index contributed by atoms with van der Waals surface area (Å²) < 4.78 is 15.9. The van der Waals surface area contributed by atoms with Crippen LogP contribution in [0.3, 0.4) is 0 Å². The van der Waals surface area contributed by atoms with Crippen LogP contribution in [-0.4, -0.2) is 38.5 Å². The van der Waals surface area contributed by atoms with Crippen molar-refractivity contribution in [2.45, 2.75) is 45.1 Å². The van der Waals surface area contributed by atoms with Crippen LogP contribution < -0.4 is 0 Å². The molecular weight excluding hydrogens is 232 g/mol. The molecule has 0 N–H and O–H groups in total. The van der Waals surface area contributed by atoms with Crippen LogP contribution in [0.15, 0.2) is 12.2 Å². The fourth-order valence-electron chi connectivity index (χ4n) is 1.92. The van der Waals surface area contributed by atoms with Crippen LogP contribution in [0.4, 0.5) is 0 Å². The van der Waals surface area contributed by atoms with Gasteiger partial charge >= 0.3 is 5.97 Å². The summed E-state index contributed by atoms with van der Waals surface area (Å²) >= 11 is 0. The maximum Gasteiger partial charge on any atom is 0.333 e. The van der Waals surface area contributed by atoms with E-state index < -0.39 is 0 Å². The Morgan fingerprint density at radius 3 is 2.44 bits per heavy atom. The predicted octanol–water partition coefficient (Wildman–Crippen LogP) is 2.47. The van der Waals surface area contributed by atoms with Gasteiger partial charge in [0.15, 0.2) is 0 Å². The van der Waals surface area contributed by atoms with E-state index in [1.165, 1.54) is 32.1 Å². The van der Waals surface area contributed by atoms with E-state index in [2.05, 4.69) is 6.58 Å². The minimum atomic E-state index is -0.364. The van der Waals surface area contributed by atoms with Gasteiger partial charge in [-0.05, 0) is 19.8 Å². The summed E-state index contributed by atoms with van der Waals surface area (Å²) in [5.74, 6) is -0.364. The molecule has 104 valence electrons. The summed E-state index contributed by atoms with van der Waals surface area (Å²) in [6.45, 7) is 6.99. The minimum absolute atomic E-state index is 0.273. The van der Waals surface area contributed by atoms with Gasteiger partial charge in [-0.1, -0.05) is 25.8 Å². The van der Waals surface area contributed by atoms with Crippen molar-refractivity contribution >= 4 is 5.97 Å². The average molecular weight is 256 g/mol. The van der Waals surface area contributed by atoms with Gasteiger partial charge in [-0.15, -0.1) is 0 Å². The second-order valence-electron chi connectivity index (χ2n) is 4.66. The predicted molar refractivity (Wildman–Crippen MR) is 69.4 cm³/mol. The highest BCUT2D eigenvalue weighted by Crippen LogP contribution is 2.19. The Bertz CT molecular complexity index is 257. The quantitative estimate of drug-likeness (QED) is 0.380. The van der Waals surface area contributed by atoms with Crippen LogP contribution in [0.1, 0.15) is 39.0 Å². The Morgan fingerprint density at radius 2 is 1.78 bits per heavy atom. The van der Waals surface area contributed by atoms with Crippen molar-refractivity contribution in [3.8, 4) is 0 Å². The van der Waals surface area contributed by atoms with Crippen molar-refractivity contribution in [1.29, 1.82) is 0 Å². The van der Waals surface area contributed by atoms with E-state index in [9.17, 15) is 4.79 Å². The molecule has 0 atom stereocenters. The number of carbonyl (C=O) groups excluding carboxylic acids is 1. The van der Waals surface area contributed by atoms with Crippen molar-refractivity contribution in [2.24, 2.45) is 0 Å². The molecule has 1 aliphatic carbocycles. The third-order valence-corrected chi connectivity index (χ3v) is 2.94. The van der Waals surface area contributed by atoms with E-state index in [4.69, 9.17) is 14.2 Å². The van der Waals surface area contributed by atoms with E-state index in [-0.39, 0.29) is 12.6 Å². The lowest BCUT2D eigenvalue weighted by atomic mass is 9.98. The Kier molecular flexibility index (Phi) is 7.69. The number of hydrogen-bond acceptors (Lipinski definition) is 4. The monoisotopic (exact) mass is 256 g/mol. The number of esters is 1. The minimum Gasteiger partial charge on any atom is -0.460 e. The molecule has 18 heavy (non-hydrogen) atoms. The summed E-state index contributed by atoms with van der Waals surface area (Å²) in [5.41, 5.74) is 0.413. The molecule has 4 nitrogen and oxygen atoms in total. The fourth-order valence-corrected chi connectivity index (χ4v) is 1.92. The SMILES string of the molecule is C=C(C)C(=O)OCCOCCOC1CCCCC1. The molecule has 0 aromatic carbocycles. The smallest absolute Gasteiger partial charge is 0.333 e. The topological polar surface area (TPSA) is 44.8 Å². The van der Waals surface area contributed by atoms with Gasteiger partial charge in [-0.3, -0.25) is 0 Å². The molecule has 0 heterocycles. The molecule has 0 unspecified atom stereocenters. The molecule has 4 heteroatoms. The van der Waals surface area contributed by atoms with Crippen LogP contribution in [0, 0.1) is 0 Å². The Balaban J connectivity index is 1.86. The number of rotatable bonds is 8. The molecule has 1 aliphatic rings. The van der Waals surface area contributed by atoms with E-state index in [1.807, 2.05) is 0 Å². The molecule has 0 aliphatic heterocycles. The molecule has 1 fully saturated rings. The zero-order chi connectivity index (χ0) is 13.2. The van der Waals surface area contributed by atoms with Crippen molar-refractivity contribution in [2.75, 3.05) is 26.4 Å². The Hall–Kier alpha value is -0.870. The zero-order valence-corrected chi connectivity index (χ0v) is 11.3. The summed E-state index contributed by atoms with van der Waals surface area (Å²) in [6, 6.07) is 0. The van der Waals surface area contributed by atoms with Crippen LogP contribution >= 0.6 is 0 Å². The lowest BCUT2D eigenvalue weighted by Gasteiger charge is -2.21. The summed E-state index contributed by atoms with van der Waals surface area (Å²) in [4.78, 5) is 11.0. The molecule has 0 amide bonds. The van der Waals surface area contributed by atoms with Gasteiger partial charge in [0.2, 0.25) is 0 Å². The first-order valence-corrected chi connectivity index (χ1v) is 6.72. The maximum absolute atomic E-state index is 11.0. The molecule has 0 aromatic rings. The molecule has 0 aromatic heterocycles. The van der Waals surface area contributed by atoms with Crippen LogP contribution in [0.5, 0.6) is 0 Å². The summed E-state index contributed by atoms with van der Waals surface area (Å²) in [5, 5.41) is 0. The third kappa shape index (κ3) is 6.77. The molecular formula is C14H24O4. The lowest BCUT2D eigenvalue weighted by molar-refractivity contribution is -0.140. The van der Waals surface area contributed by atoms with Gasteiger partial charge < -0.3 is 14.2 Å². The first-order chi connectivity index (χ1) is 8.70. The molecule has 0 spiro atoms. The van der Waals surface area contributed by atoms with Crippen molar-refractivity contribution < 1.29 is 19.0 Å². The van der Waals surface area contributed by atoms with E-state index in [1.54, 1.807) is 6.92 Å². The normalized spacial score (nSPS) is 16.5. The molecule has 1 saturated carbocycles. The second-order valence-corrected chi connectivity index (χ2v) is 4.66. The Labute approximate surface area is 109 Å². The van der Waals surface area contributed by atoms with Gasteiger partial charge in [0.25, 0.3) is 0 Å². The standard InChI is InChI=1S/C14H24O4/c1-12(2)14(15)18-11-9-16-8-10-17-13-6-4-3-5-7-13/h13H,1,3-11H2,2H3. The Morgan fingerprint density at radius 1 is 1.11 bits per heavy atom. The van der Waals surface area contributed by atoms with E-state index >= 15 is 0 Å². The van der Waals surface area contributed by atoms with Gasteiger partial charge in [0.05, 0.1) is 25.9 Å². The number of hydrogen-bond donors (Lipinski definition) is 0. The van der Waals surface area contributed by atoms with Gasteiger partial charge in [0, 0.05) is 5.57 Å². The van der Waals surface area contributed by atoms with Gasteiger partial charge in [-0.25, -0.2) is 4.79 Å². The second kappa shape index (κ2) is 9.11. The third-order valence-electron chi connectivity index (χ3n) is 2.94.